The fourth-order valence-corrected chi connectivity index (χ4v) is 4.87. The number of hydrogen-bond donors (Lipinski definition) is 1. The number of rotatable bonds is 5. The van der Waals surface area contributed by atoms with Gasteiger partial charge in [-0.1, -0.05) is 0 Å². The van der Waals surface area contributed by atoms with Gasteiger partial charge in [0.25, 0.3) is 5.69 Å². The first kappa shape index (κ1) is 19.6. The van der Waals surface area contributed by atoms with Crippen LogP contribution in [0.15, 0.2) is 51.7 Å². The van der Waals surface area contributed by atoms with E-state index in [2.05, 4.69) is 5.32 Å². The van der Waals surface area contributed by atoms with Crippen molar-refractivity contribution in [3.05, 3.63) is 63.1 Å². The van der Waals surface area contributed by atoms with Crippen molar-refractivity contribution < 1.29 is 22.6 Å². The fourth-order valence-electron chi connectivity index (χ4n) is 3.30. The van der Waals surface area contributed by atoms with E-state index in [0.29, 0.717) is 24.3 Å². The Kier molecular flexibility index (Phi) is 4.78. The summed E-state index contributed by atoms with van der Waals surface area (Å²) in [7, 11) is -3.29. The van der Waals surface area contributed by atoms with Crippen molar-refractivity contribution in [1.29, 1.82) is 0 Å². The number of carbonyl (C=O) groups excluding carboxylic acids is 1. The molecule has 1 saturated heterocycles. The average molecular weight is 432 g/mol. The maximum absolute atomic E-state index is 12.4. The number of nitro benzene ring substituents is 1. The summed E-state index contributed by atoms with van der Waals surface area (Å²) < 4.78 is 31.3. The van der Waals surface area contributed by atoms with Crippen molar-refractivity contribution in [1.82, 2.24) is 4.57 Å². The second-order valence-electron chi connectivity index (χ2n) is 6.70. The number of fused-ring (bicyclic) bond motifs is 1. The third-order valence-electron chi connectivity index (χ3n) is 4.70. The van der Waals surface area contributed by atoms with Crippen molar-refractivity contribution >= 4 is 44.1 Å². The Bertz CT molecular complexity index is 1310. The molecule has 0 bridgehead atoms. The summed E-state index contributed by atoms with van der Waals surface area (Å²) in [6.45, 7) is 0.0641. The van der Waals surface area contributed by atoms with Gasteiger partial charge in [-0.2, -0.15) is 0 Å². The number of amides is 1. The highest BCUT2D eigenvalue weighted by atomic mass is 32.2. The van der Waals surface area contributed by atoms with E-state index in [0.717, 1.165) is 10.6 Å². The number of nitro groups is 1. The molecular formula is C18H16N4O7S. The van der Waals surface area contributed by atoms with E-state index in [4.69, 9.17) is 4.42 Å². The summed E-state index contributed by atoms with van der Waals surface area (Å²) in [6, 6.07) is 10.0. The fraction of sp³-hybridized carbons (Fsp3) is 0.222. The third kappa shape index (κ3) is 3.64. The molecule has 1 aliphatic heterocycles. The number of hydrogen-bond acceptors (Lipinski definition) is 7. The Morgan fingerprint density at radius 3 is 2.57 bits per heavy atom. The van der Waals surface area contributed by atoms with Crippen LogP contribution in [0.3, 0.4) is 0 Å². The van der Waals surface area contributed by atoms with Crippen LogP contribution in [-0.4, -0.2) is 36.1 Å². The minimum Gasteiger partial charge on any atom is -0.407 e. The van der Waals surface area contributed by atoms with Crippen LogP contribution in [0.5, 0.6) is 0 Å². The van der Waals surface area contributed by atoms with Crippen LogP contribution in [0.4, 0.5) is 17.1 Å². The number of nitrogens with zero attached hydrogens (tertiary/aromatic N) is 3. The van der Waals surface area contributed by atoms with Gasteiger partial charge < -0.3 is 9.73 Å². The summed E-state index contributed by atoms with van der Waals surface area (Å²) in [5.41, 5.74) is 0.988. The van der Waals surface area contributed by atoms with E-state index in [1.54, 1.807) is 24.3 Å². The van der Waals surface area contributed by atoms with Crippen molar-refractivity contribution in [3.63, 3.8) is 0 Å². The van der Waals surface area contributed by atoms with Crippen molar-refractivity contribution in [3.8, 4) is 0 Å². The van der Waals surface area contributed by atoms with Gasteiger partial charge in [0.1, 0.15) is 6.54 Å². The lowest BCUT2D eigenvalue weighted by Crippen LogP contribution is -2.25. The maximum atomic E-state index is 12.4. The zero-order valence-corrected chi connectivity index (χ0v) is 16.3. The molecule has 156 valence electrons. The molecule has 0 radical (unpaired) electrons. The Morgan fingerprint density at radius 2 is 1.93 bits per heavy atom. The SMILES string of the molecule is O=C(Cn1c(=O)oc2cc([N+](=O)[O-])ccc21)Nc1ccc(N2CCCS2(=O)=O)cc1. The molecule has 1 fully saturated rings. The molecule has 1 N–H and O–H groups in total. The normalized spacial score (nSPS) is 15.4. The van der Waals surface area contributed by atoms with Crippen LogP contribution >= 0.6 is 0 Å². The Labute approximate surface area is 169 Å². The first-order valence-corrected chi connectivity index (χ1v) is 10.5. The summed E-state index contributed by atoms with van der Waals surface area (Å²) >= 11 is 0. The molecule has 0 atom stereocenters. The lowest BCUT2D eigenvalue weighted by molar-refractivity contribution is -0.384. The number of carbonyl (C=O) groups is 1. The molecule has 0 saturated carbocycles. The molecule has 11 nitrogen and oxygen atoms in total. The largest absolute Gasteiger partial charge is 0.420 e. The summed E-state index contributed by atoms with van der Waals surface area (Å²) in [4.78, 5) is 34.6. The van der Waals surface area contributed by atoms with Crippen LogP contribution in [0.25, 0.3) is 11.1 Å². The highest BCUT2D eigenvalue weighted by Gasteiger charge is 2.28. The monoisotopic (exact) mass is 432 g/mol. The Balaban J connectivity index is 1.49. The first-order valence-electron chi connectivity index (χ1n) is 8.93. The van der Waals surface area contributed by atoms with Gasteiger partial charge in [-0.3, -0.25) is 23.8 Å². The van der Waals surface area contributed by atoms with Gasteiger partial charge in [-0.15, -0.1) is 0 Å². The van der Waals surface area contributed by atoms with Gasteiger partial charge in [0.15, 0.2) is 5.58 Å². The number of anilines is 2. The van der Waals surface area contributed by atoms with Crippen molar-refractivity contribution in [2.24, 2.45) is 0 Å². The van der Waals surface area contributed by atoms with E-state index in [-0.39, 0.29) is 29.1 Å². The predicted molar refractivity (Wildman–Crippen MR) is 108 cm³/mol. The van der Waals surface area contributed by atoms with Crippen LogP contribution in [0.2, 0.25) is 0 Å². The number of non-ortho nitro benzene ring substituents is 1. The minimum atomic E-state index is -3.29. The molecule has 0 spiro atoms. The average Bonchev–Trinajstić information content (AvgIpc) is 3.20. The standard InChI is InChI=1S/C18H16N4O7S/c23-17(11-20-15-7-6-14(22(25)26)10-16(15)29-18(20)24)19-12-2-4-13(5-3-12)21-8-1-9-30(21,27)28/h2-7,10H,1,8-9,11H2,(H,19,23). The molecule has 2 heterocycles. The smallest absolute Gasteiger partial charge is 0.407 e. The third-order valence-corrected chi connectivity index (χ3v) is 6.57. The lowest BCUT2D eigenvalue weighted by Gasteiger charge is -2.17. The van der Waals surface area contributed by atoms with Crippen LogP contribution < -0.4 is 15.4 Å². The second-order valence-corrected chi connectivity index (χ2v) is 8.71. The molecule has 1 aliphatic rings. The van der Waals surface area contributed by atoms with Crippen LogP contribution in [0, 0.1) is 10.1 Å². The van der Waals surface area contributed by atoms with E-state index in [1.807, 2.05) is 0 Å². The summed E-state index contributed by atoms with van der Waals surface area (Å²) in [5, 5.41) is 13.5. The van der Waals surface area contributed by atoms with Gasteiger partial charge in [0.05, 0.1) is 27.9 Å². The van der Waals surface area contributed by atoms with E-state index in [1.165, 1.54) is 16.4 Å². The van der Waals surface area contributed by atoms with Gasteiger partial charge in [-0.25, -0.2) is 13.2 Å². The highest BCUT2D eigenvalue weighted by molar-refractivity contribution is 7.93. The van der Waals surface area contributed by atoms with Gasteiger partial charge in [0, 0.05) is 18.3 Å². The number of sulfonamides is 1. The first-order chi connectivity index (χ1) is 14.2. The molecule has 0 unspecified atom stereocenters. The maximum Gasteiger partial charge on any atom is 0.420 e. The highest BCUT2D eigenvalue weighted by Crippen LogP contribution is 2.25. The molecule has 12 heteroatoms. The van der Waals surface area contributed by atoms with E-state index >= 15 is 0 Å². The number of benzene rings is 2. The van der Waals surface area contributed by atoms with E-state index < -0.39 is 26.6 Å². The number of nitrogens with one attached hydrogen (secondary N) is 1. The molecule has 2 aromatic carbocycles. The molecule has 0 aliphatic carbocycles. The van der Waals surface area contributed by atoms with Crippen molar-refractivity contribution in [2.45, 2.75) is 13.0 Å². The molecule has 1 aromatic heterocycles. The van der Waals surface area contributed by atoms with Crippen LogP contribution in [0.1, 0.15) is 6.42 Å². The molecular weight excluding hydrogens is 416 g/mol. The number of oxazole rings is 1. The zero-order chi connectivity index (χ0) is 21.5. The molecule has 1 amide bonds. The zero-order valence-electron chi connectivity index (χ0n) is 15.5. The Morgan fingerprint density at radius 1 is 1.20 bits per heavy atom. The Hall–Kier alpha value is -3.67. The quantitative estimate of drug-likeness (QED) is 0.477. The minimum absolute atomic E-state index is 0.0122. The summed E-state index contributed by atoms with van der Waals surface area (Å²) in [5.74, 6) is -1.21. The van der Waals surface area contributed by atoms with Crippen LogP contribution in [-0.2, 0) is 21.4 Å². The van der Waals surface area contributed by atoms with Gasteiger partial charge >= 0.3 is 5.76 Å². The number of aromatic nitrogens is 1. The molecule has 30 heavy (non-hydrogen) atoms. The lowest BCUT2D eigenvalue weighted by atomic mass is 10.2. The van der Waals surface area contributed by atoms with Gasteiger partial charge in [-0.05, 0) is 36.8 Å². The van der Waals surface area contributed by atoms with E-state index in [9.17, 15) is 28.1 Å². The predicted octanol–water partition coefficient (Wildman–Crippen LogP) is 1.68. The molecule has 3 aromatic rings. The van der Waals surface area contributed by atoms with Gasteiger partial charge in [0.2, 0.25) is 15.9 Å². The second kappa shape index (κ2) is 7.30. The molecule has 4 rings (SSSR count). The topological polar surface area (TPSA) is 145 Å². The van der Waals surface area contributed by atoms with Crippen molar-refractivity contribution in [2.75, 3.05) is 21.9 Å². The summed E-state index contributed by atoms with van der Waals surface area (Å²) in [6.07, 6.45) is 0.567.